The lowest BCUT2D eigenvalue weighted by Gasteiger charge is -2.33. The third-order valence-electron chi connectivity index (χ3n) is 3.66. The molecular formula is C13H24O2. The van der Waals surface area contributed by atoms with Crippen molar-refractivity contribution in [2.24, 2.45) is 11.8 Å². The number of carbonyl (C=O) groups is 1. The topological polar surface area (TPSA) is 37.3 Å². The molecule has 1 rings (SSSR count). The van der Waals surface area contributed by atoms with Crippen LogP contribution >= 0.6 is 0 Å². The second-order valence-corrected chi connectivity index (χ2v) is 4.84. The Labute approximate surface area is 93.1 Å². The molecule has 2 unspecified atom stereocenters. The number of rotatable bonds is 8. The van der Waals surface area contributed by atoms with Gasteiger partial charge in [-0.15, -0.1) is 0 Å². The molecule has 1 aliphatic carbocycles. The van der Waals surface area contributed by atoms with Crippen LogP contribution in [0.4, 0.5) is 0 Å². The van der Waals surface area contributed by atoms with Gasteiger partial charge in [0, 0.05) is 0 Å². The van der Waals surface area contributed by atoms with E-state index in [1.165, 1.54) is 38.5 Å². The van der Waals surface area contributed by atoms with Crippen LogP contribution in [0.2, 0.25) is 0 Å². The van der Waals surface area contributed by atoms with E-state index in [9.17, 15) is 4.79 Å². The second kappa shape index (κ2) is 6.86. The molecule has 2 atom stereocenters. The van der Waals surface area contributed by atoms with Crippen molar-refractivity contribution in [1.29, 1.82) is 0 Å². The molecule has 0 aromatic rings. The molecule has 0 heterocycles. The molecule has 0 spiro atoms. The van der Waals surface area contributed by atoms with Gasteiger partial charge in [-0.3, -0.25) is 4.79 Å². The summed E-state index contributed by atoms with van der Waals surface area (Å²) in [4.78, 5) is 10.8. The standard InChI is InChI=1S/C13H24O2/c1-2-3-4-5-6-7-8-11-9-10-12(11)13(14)15/h11-12H,2-10H2,1H3,(H,14,15). The van der Waals surface area contributed by atoms with E-state index in [0.717, 1.165) is 19.3 Å². The Bertz CT molecular complexity index is 189. The van der Waals surface area contributed by atoms with Gasteiger partial charge >= 0.3 is 5.97 Å². The molecule has 1 aliphatic rings. The van der Waals surface area contributed by atoms with Crippen molar-refractivity contribution in [3.8, 4) is 0 Å². The minimum absolute atomic E-state index is 0.0133. The van der Waals surface area contributed by atoms with Crippen molar-refractivity contribution in [3.63, 3.8) is 0 Å². The maximum Gasteiger partial charge on any atom is 0.306 e. The zero-order valence-corrected chi connectivity index (χ0v) is 9.87. The van der Waals surface area contributed by atoms with Crippen LogP contribution in [0.15, 0.2) is 0 Å². The molecule has 88 valence electrons. The molecule has 1 fully saturated rings. The van der Waals surface area contributed by atoms with Crippen molar-refractivity contribution in [3.05, 3.63) is 0 Å². The highest BCUT2D eigenvalue weighted by Gasteiger charge is 2.35. The van der Waals surface area contributed by atoms with E-state index in [2.05, 4.69) is 6.92 Å². The average Bonchev–Trinajstić information content (AvgIpc) is 2.13. The van der Waals surface area contributed by atoms with Crippen LogP contribution in [-0.2, 0) is 4.79 Å². The summed E-state index contributed by atoms with van der Waals surface area (Å²) in [5, 5.41) is 8.88. The minimum Gasteiger partial charge on any atom is -0.481 e. The molecule has 2 heteroatoms. The van der Waals surface area contributed by atoms with Crippen LogP contribution in [0.1, 0.15) is 64.7 Å². The predicted octanol–water partition coefficient (Wildman–Crippen LogP) is 3.85. The smallest absolute Gasteiger partial charge is 0.306 e. The zero-order chi connectivity index (χ0) is 11.1. The summed E-state index contributed by atoms with van der Waals surface area (Å²) in [6, 6.07) is 0. The largest absolute Gasteiger partial charge is 0.481 e. The van der Waals surface area contributed by atoms with Crippen molar-refractivity contribution in [2.75, 3.05) is 0 Å². The van der Waals surface area contributed by atoms with Gasteiger partial charge in [-0.1, -0.05) is 45.4 Å². The van der Waals surface area contributed by atoms with Gasteiger partial charge in [0.25, 0.3) is 0 Å². The molecule has 0 aromatic carbocycles. The molecule has 0 amide bonds. The summed E-state index contributed by atoms with van der Waals surface area (Å²) < 4.78 is 0. The summed E-state index contributed by atoms with van der Waals surface area (Å²) in [7, 11) is 0. The van der Waals surface area contributed by atoms with Crippen molar-refractivity contribution in [1.82, 2.24) is 0 Å². The molecular weight excluding hydrogens is 188 g/mol. The van der Waals surface area contributed by atoms with Gasteiger partial charge < -0.3 is 5.11 Å². The molecule has 0 aliphatic heterocycles. The van der Waals surface area contributed by atoms with Crippen LogP contribution in [0.3, 0.4) is 0 Å². The van der Waals surface area contributed by atoms with Crippen LogP contribution in [0.5, 0.6) is 0 Å². The number of unbranched alkanes of at least 4 members (excludes halogenated alkanes) is 5. The van der Waals surface area contributed by atoms with Gasteiger partial charge in [0.1, 0.15) is 0 Å². The highest BCUT2D eigenvalue weighted by atomic mass is 16.4. The van der Waals surface area contributed by atoms with E-state index in [-0.39, 0.29) is 5.92 Å². The molecule has 0 radical (unpaired) electrons. The first kappa shape index (κ1) is 12.5. The fraction of sp³-hybridized carbons (Fsp3) is 0.923. The quantitative estimate of drug-likeness (QED) is 0.620. The van der Waals surface area contributed by atoms with Gasteiger partial charge in [0.2, 0.25) is 0 Å². The summed E-state index contributed by atoms with van der Waals surface area (Å²) >= 11 is 0. The number of hydrogen-bond donors (Lipinski definition) is 1. The first-order valence-corrected chi connectivity index (χ1v) is 6.48. The van der Waals surface area contributed by atoms with Crippen molar-refractivity contribution in [2.45, 2.75) is 64.7 Å². The molecule has 1 saturated carbocycles. The lowest BCUT2D eigenvalue weighted by atomic mass is 9.71. The Morgan fingerprint density at radius 2 is 1.80 bits per heavy atom. The van der Waals surface area contributed by atoms with Crippen LogP contribution in [0, 0.1) is 11.8 Å². The number of aliphatic carboxylic acids is 1. The third kappa shape index (κ3) is 4.23. The van der Waals surface area contributed by atoms with E-state index in [1.807, 2.05) is 0 Å². The molecule has 1 N–H and O–H groups in total. The zero-order valence-electron chi connectivity index (χ0n) is 9.87. The van der Waals surface area contributed by atoms with Crippen LogP contribution in [-0.4, -0.2) is 11.1 Å². The normalized spacial score (nSPS) is 24.9. The van der Waals surface area contributed by atoms with Crippen LogP contribution in [0.25, 0.3) is 0 Å². The highest BCUT2D eigenvalue weighted by molar-refractivity contribution is 5.71. The molecule has 0 bridgehead atoms. The Hall–Kier alpha value is -0.530. The van der Waals surface area contributed by atoms with Crippen molar-refractivity contribution >= 4 is 5.97 Å². The lowest BCUT2D eigenvalue weighted by molar-refractivity contribution is -0.147. The predicted molar refractivity (Wildman–Crippen MR) is 61.8 cm³/mol. The Balaban J connectivity index is 1.94. The Morgan fingerprint density at radius 3 is 2.33 bits per heavy atom. The molecule has 15 heavy (non-hydrogen) atoms. The Kier molecular flexibility index (Phi) is 5.74. The van der Waals surface area contributed by atoms with Gasteiger partial charge in [-0.25, -0.2) is 0 Å². The van der Waals surface area contributed by atoms with Gasteiger partial charge in [-0.05, 0) is 25.2 Å². The second-order valence-electron chi connectivity index (χ2n) is 4.84. The highest BCUT2D eigenvalue weighted by Crippen LogP contribution is 2.38. The third-order valence-corrected chi connectivity index (χ3v) is 3.66. The summed E-state index contributed by atoms with van der Waals surface area (Å²) in [5.41, 5.74) is 0. The SMILES string of the molecule is CCCCCCCCC1CCC1C(=O)O. The molecule has 0 aromatic heterocycles. The fourth-order valence-corrected chi connectivity index (χ4v) is 2.43. The molecule has 0 saturated heterocycles. The summed E-state index contributed by atoms with van der Waals surface area (Å²) in [6.07, 6.45) is 11.1. The first-order chi connectivity index (χ1) is 7.25. The summed E-state index contributed by atoms with van der Waals surface area (Å²) in [6.45, 7) is 2.23. The lowest BCUT2D eigenvalue weighted by Crippen LogP contribution is -2.32. The maximum atomic E-state index is 10.8. The average molecular weight is 212 g/mol. The Morgan fingerprint density at radius 1 is 1.13 bits per heavy atom. The monoisotopic (exact) mass is 212 g/mol. The first-order valence-electron chi connectivity index (χ1n) is 6.48. The van der Waals surface area contributed by atoms with E-state index in [1.54, 1.807) is 0 Å². The van der Waals surface area contributed by atoms with E-state index < -0.39 is 5.97 Å². The minimum atomic E-state index is -0.572. The van der Waals surface area contributed by atoms with E-state index in [4.69, 9.17) is 5.11 Å². The van der Waals surface area contributed by atoms with E-state index >= 15 is 0 Å². The van der Waals surface area contributed by atoms with Gasteiger partial charge in [-0.2, -0.15) is 0 Å². The van der Waals surface area contributed by atoms with Gasteiger partial charge in [0.05, 0.1) is 5.92 Å². The van der Waals surface area contributed by atoms with Crippen molar-refractivity contribution < 1.29 is 9.90 Å². The number of carboxylic acid groups (broad SMARTS) is 1. The maximum absolute atomic E-state index is 10.8. The van der Waals surface area contributed by atoms with Crippen LogP contribution < -0.4 is 0 Å². The summed E-state index contributed by atoms with van der Waals surface area (Å²) in [5.74, 6) is -0.0912. The number of carboxylic acids is 1. The molecule has 2 nitrogen and oxygen atoms in total. The van der Waals surface area contributed by atoms with Gasteiger partial charge in [0.15, 0.2) is 0 Å². The number of hydrogen-bond acceptors (Lipinski definition) is 1. The fourth-order valence-electron chi connectivity index (χ4n) is 2.43. The van der Waals surface area contributed by atoms with E-state index in [0.29, 0.717) is 5.92 Å².